The molecule has 0 heterocycles. The van der Waals surface area contributed by atoms with Gasteiger partial charge in [-0.15, -0.1) is 0 Å². The largest absolute Gasteiger partial charge is 0.505 e. The third-order valence-corrected chi connectivity index (χ3v) is 1.94. The van der Waals surface area contributed by atoms with E-state index in [1.165, 1.54) is 0 Å². The Morgan fingerprint density at radius 1 is 1.65 bits per heavy atom. The highest BCUT2D eigenvalue weighted by molar-refractivity contribution is 6.45. The van der Waals surface area contributed by atoms with E-state index in [0.29, 0.717) is 11.3 Å². The quantitative estimate of drug-likeness (QED) is 0.356. The van der Waals surface area contributed by atoms with E-state index < -0.39 is 17.4 Å². The molecule has 88 valence electrons. The van der Waals surface area contributed by atoms with Gasteiger partial charge in [0, 0.05) is 6.07 Å². The number of anilines is 1. The van der Waals surface area contributed by atoms with E-state index in [0.717, 1.165) is 12.1 Å². The molecule has 6 nitrogen and oxygen atoms in total. The minimum absolute atomic E-state index is 0.298. The van der Waals surface area contributed by atoms with Gasteiger partial charge in [0.2, 0.25) is 5.71 Å². The molecule has 7 heteroatoms. The molecular weight excluding hydrogens is 225 g/mol. The first kappa shape index (κ1) is 12.4. The van der Waals surface area contributed by atoms with Gasteiger partial charge in [-0.1, -0.05) is 0 Å². The standard InChI is InChI=1S/C10H10FN5O/c1-5-2-6(11)9(17)3-7(5)15-16-8(4-12)10(13)14/h2-3,15,17H,1H3,(H3,13,14)/b16-8+. The van der Waals surface area contributed by atoms with Crippen LogP contribution in [0.4, 0.5) is 10.1 Å². The number of nitriles is 1. The molecule has 0 atom stereocenters. The molecule has 17 heavy (non-hydrogen) atoms. The van der Waals surface area contributed by atoms with Gasteiger partial charge >= 0.3 is 0 Å². The van der Waals surface area contributed by atoms with E-state index in [-0.39, 0.29) is 5.71 Å². The van der Waals surface area contributed by atoms with Crippen molar-refractivity contribution < 1.29 is 9.50 Å². The lowest BCUT2D eigenvalue weighted by Gasteiger charge is -2.06. The van der Waals surface area contributed by atoms with Crippen LogP contribution in [0.25, 0.3) is 0 Å². The number of phenolic OH excluding ortho intramolecular Hbond substituents is 1. The van der Waals surface area contributed by atoms with Gasteiger partial charge in [-0.2, -0.15) is 10.4 Å². The van der Waals surface area contributed by atoms with Gasteiger partial charge in [0.1, 0.15) is 6.07 Å². The number of phenols is 1. The minimum Gasteiger partial charge on any atom is -0.505 e. The fraction of sp³-hybridized carbons (Fsp3) is 0.100. The predicted octanol–water partition coefficient (Wildman–Crippen LogP) is 1.07. The average Bonchev–Trinajstić information content (AvgIpc) is 2.25. The Kier molecular flexibility index (Phi) is 3.62. The van der Waals surface area contributed by atoms with Gasteiger partial charge in [-0.3, -0.25) is 10.8 Å². The van der Waals surface area contributed by atoms with Gasteiger partial charge < -0.3 is 10.8 Å². The lowest BCUT2D eigenvalue weighted by Crippen LogP contribution is -2.21. The Balaban J connectivity index is 3.01. The maximum atomic E-state index is 12.9. The predicted molar refractivity (Wildman–Crippen MR) is 61.4 cm³/mol. The summed E-state index contributed by atoms with van der Waals surface area (Å²) in [6, 6.07) is 3.86. The number of aromatic hydroxyl groups is 1. The highest BCUT2D eigenvalue weighted by atomic mass is 19.1. The number of nitrogens with zero attached hydrogens (tertiary/aromatic N) is 2. The van der Waals surface area contributed by atoms with E-state index in [9.17, 15) is 4.39 Å². The average molecular weight is 235 g/mol. The summed E-state index contributed by atoms with van der Waals surface area (Å²) >= 11 is 0. The molecule has 0 aliphatic rings. The number of benzene rings is 1. The number of nitrogens with two attached hydrogens (primary N) is 1. The maximum Gasteiger partial charge on any atom is 0.201 e. The van der Waals surface area contributed by atoms with Crippen LogP contribution in [0.2, 0.25) is 0 Å². The van der Waals surface area contributed by atoms with Crippen molar-refractivity contribution in [3.05, 3.63) is 23.5 Å². The van der Waals surface area contributed by atoms with Crippen LogP contribution in [0, 0.1) is 29.5 Å². The van der Waals surface area contributed by atoms with Crippen LogP contribution in [0.1, 0.15) is 5.56 Å². The van der Waals surface area contributed by atoms with E-state index in [4.69, 9.17) is 21.5 Å². The SMILES string of the molecule is Cc1cc(F)c(O)cc1N/N=C(\C#N)C(=N)N. The Morgan fingerprint density at radius 3 is 2.82 bits per heavy atom. The second-order valence-corrected chi connectivity index (χ2v) is 3.22. The fourth-order valence-electron chi connectivity index (χ4n) is 1.04. The number of rotatable bonds is 3. The second-order valence-electron chi connectivity index (χ2n) is 3.22. The fourth-order valence-corrected chi connectivity index (χ4v) is 1.04. The minimum atomic E-state index is -0.746. The Labute approximate surface area is 96.7 Å². The van der Waals surface area contributed by atoms with Crippen LogP contribution >= 0.6 is 0 Å². The number of hydrogen-bond acceptors (Lipinski definition) is 5. The van der Waals surface area contributed by atoms with Gasteiger partial charge in [0.05, 0.1) is 5.69 Å². The molecule has 0 radical (unpaired) electrons. The van der Waals surface area contributed by atoms with Crippen molar-refractivity contribution in [3.63, 3.8) is 0 Å². The summed E-state index contributed by atoms with van der Waals surface area (Å²) in [7, 11) is 0. The number of hydrazone groups is 1. The summed E-state index contributed by atoms with van der Waals surface area (Å²) in [6.45, 7) is 1.60. The van der Waals surface area contributed by atoms with Gasteiger partial charge in [0.25, 0.3) is 0 Å². The van der Waals surface area contributed by atoms with Crippen LogP contribution < -0.4 is 11.2 Å². The van der Waals surface area contributed by atoms with Crippen molar-refractivity contribution >= 4 is 17.2 Å². The molecule has 0 fully saturated rings. The van der Waals surface area contributed by atoms with Crippen LogP contribution in [-0.4, -0.2) is 16.7 Å². The van der Waals surface area contributed by atoms with E-state index in [1.807, 2.05) is 0 Å². The van der Waals surface area contributed by atoms with Crippen molar-refractivity contribution in [3.8, 4) is 11.8 Å². The highest BCUT2D eigenvalue weighted by Gasteiger charge is 2.06. The molecule has 5 N–H and O–H groups in total. The lowest BCUT2D eigenvalue weighted by molar-refractivity contribution is 0.432. The van der Waals surface area contributed by atoms with E-state index in [1.54, 1.807) is 13.0 Å². The molecule has 0 aliphatic carbocycles. The third-order valence-electron chi connectivity index (χ3n) is 1.94. The molecule has 0 bridgehead atoms. The van der Waals surface area contributed by atoms with Gasteiger partial charge in [0.15, 0.2) is 17.4 Å². The number of halogens is 1. The molecule has 0 aromatic heterocycles. The van der Waals surface area contributed by atoms with Crippen molar-refractivity contribution in [1.29, 1.82) is 10.7 Å². The molecule has 0 aliphatic heterocycles. The first-order valence-electron chi connectivity index (χ1n) is 4.53. The first-order valence-corrected chi connectivity index (χ1v) is 4.53. The van der Waals surface area contributed by atoms with Crippen LogP contribution in [0.5, 0.6) is 5.75 Å². The maximum absolute atomic E-state index is 12.9. The van der Waals surface area contributed by atoms with Crippen molar-refractivity contribution in [2.75, 3.05) is 5.43 Å². The smallest absolute Gasteiger partial charge is 0.201 e. The molecule has 0 spiro atoms. The third kappa shape index (κ3) is 2.92. The number of aryl methyl sites for hydroxylation is 1. The van der Waals surface area contributed by atoms with E-state index >= 15 is 0 Å². The zero-order valence-corrected chi connectivity index (χ0v) is 8.95. The first-order chi connectivity index (χ1) is 7.95. The normalized spacial score (nSPS) is 10.8. The second kappa shape index (κ2) is 4.94. The van der Waals surface area contributed by atoms with Crippen molar-refractivity contribution in [2.24, 2.45) is 10.8 Å². The summed E-state index contributed by atoms with van der Waals surface area (Å²) in [5, 5.41) is 28.3. The zero-order chi connectivity index (χ0) is 13.0. The van der Waals surface area contributed by atoms with Crippen molar-refractivity contribution in [1.82, 2.24) is 0 Å². The Bertz CT molecular complexity index is 532. The summed E-state index contributed by atoms with van der Waals surface area (Å²) < 4.78 is 12.9. The molecule has 0 saturated carbocycles. The van der Waals surface area contributed by atoms with E-state index in [2.05, 4.69) is 10.5 Å². The molecule has 0 saturated heterocycles. The zero-order valence-electron chi connectivity index (χ0n) is 8.95. The van der Waals surface area contributed by atoms with Gasteiger partial charge in [-0.05, 0) is 18.6 Å². The van der Waals surface area contributed by atoms with Gasteiger partial charge in [-0.25, -0.2) is 4.39 Å². The Morgan fingerprint density at radius 2 is 2.29 bits per heavy atom. The number of amidine groups is 1. The summed E-state index contributed by atoms with van der Waals surface area (Å²) in [4.78, 5) is 0. The summed E-state index contributed by atoms with van der Waals surface area (Å²) in [5.74, 6) is -1.76. The Hall–Kier alpha value is -2.62. The number of nitrogens with one attached hydrogen (secondary N) is 2. The molecule has 1 aromatic rings. The molecule has 0 amide bonds. The lowest BCUT2D eigenvalue weighted by atomic mass is 10.2. The molecule has 0 unspecified atom stereocenters. The molecular formula is C10H10FN5O. The summed E-state index contributed by atoms with van der Waals surface area (Å²) in [6.07, 6.45) is 0. The molecule has 1 rings (SSSR count). The topological polar surface area (TPSA) is 118 Å². The number of hydrogen-bond donors (Lipinski definition) is 4. The van der Waals surface area contributed by atoms with Crippen molar-refractivity contribution in [2.45, 2.75) is 6.92 Å². The van der Waals surface area contributed by atoms with Crippen LogP contribution in [0.3, 0.4) is 0 Å². The molecule has 1 aromatic carbocycles. The highest BCUT2D eigenvalue weighted by Crippen LogP contribution is 2.24. The summed E-state index contributed by atoms with van der Waals surface area (Å²) in [5.41, 5.74) is 8.03. The van der Waals surface area contributed by atoms with Crippen LogP contribution in [0.15, 0.2) is 17.2 Å². The van der Waals surface area contributed by atoms with Crippen LogP contribution in [-0.2, 0) is 0 Å². The monoisotopic (exact) mass is 235 g/mol.